The van der Waals surface area contributed by atoms with E-state index < -0.39 is 0 Å². The molecule has 0 radical (unpaired) electrons. The molecule has 3 heterocycles. The minimum atomic E-state index is -0.0183. The van der Waals surface area contributed by atoms with Gasteiger partial charge in [0.2, 0.25) is 0 Å². The van der Waals surface area contributed by atoms with E-state index in [1.165, 1.54) is 0 Å². The number of amides is 1. The highest BCUT2D eigenvalue weighted by Crippen LogP contribution is 2.21. The Kier molecular flexibility index (Phi) is 3.47. The lowest BCUT2D eigenvalue weighted by Gasteiger charge is -2.38. The summed E-state index contributed by atoms with van der Waals surface area (Å²) in [6, 6.07) is 5.50. The highest BCUT2D eigenvalue weighted by molar-refractivity contribution is 5.92. The van der Waals surface area contributed by atoms with Crippen molar-refractivity contribution in [3.8, 4) is 0 Å². The van der Waals surface area contributed by atoms with Crippen LogP contribution in [0.4, 0.5) is 0 Å². The quantitative estimate of drug-likeness (QED) is 0.882. The second-order valence-electron chi connectivity index (χ2n) is 4.94. The maximum Gasteiger partial charge on any atom is 0.272 e. The molecule has 0 saturated carbocycles. The Balaban J connectivity index is 1.77. The summed E-state index contributed by atoms with van der Waals surface area (Å²) in [6.07, 6.45) is 5.19. The van der Waals surface area contributed by atoms with E-state index in [1.807, 2.05) is 23.2 Å². The molecule has 1 fully saturated rings. The maximum absolute atomic E-state index is 12.4. The molecule has 1 atom stereocenters. The molecule has 0 spiro atoms. The van der Waals surface area contributed by atoms with Gasteiger partial charge < -0.3 is 9.88 Å². The Bertz CT molecular complexity index is 569. The van der Waals surface area contributed by atoms with Crippen LogP contribution in [0.1, 0.15) is 22.4 Å². The summed E-state index contributed by atoms with van der Waals surface area (Å²) in [5.74, 6) is 0.876. The summed E-state index contributed by atoms with van der Waals surface area (Å²) in [6.45, 7) is 2.16. The van der Waals surface area contributed by atoms with E-state index in [2.05, 4.69) is 26.9 Å². The first kappa shape index (κ1) is 12.8. The lowest BCUT2D eigenvalue weighted by molar-refractivity contribution is 0.0529. The number of hydrogen-bond donors (Lipinski definition) is 1. The maximum atomic E-state index is 12.4. The van der Waals surface area contributed by atoms with E-state index in [4.69, 9.17) is 0 Å². The fraction of sp³-hybridized carbons (Fsp3) is 0.357. The molecule has 1 aliphatic rings. The van der Waals surface area contributed by atoms with Gasteiger partial charge in [0.25, 0.3) is 5.91 Å². The first-order valence-corrected chi connectivity index (χ1v) is 6.65. The Morgan fingerprint density at radius 2 is 2.20 bits per heavy atom. The van der Waals surface area contributed by atoms with E-state index >= 15 is 0 Å². The number of pyridine rings is 1. The Morgan fingerprint density at radius 3 is 2.90 bits per heavy atom. The van der Waals surface area contributed by atoms with E-state index in [9.17, 15) is 4.79 Å². The van der Waals surface area contributed by atoms with Crippen molar-refractivity contribution in [2.75, 3.05) is 26.7 Å². The Morgan fingerprint density at radius 1 is 1.30 bits per heavy atom. The first-order valence-electron chi connectivity index (χ1n) is 6.65. The van der Waals surface area contributed by atoms with Crippen LogP contribution in [0.15, 0.2) is 36.8 Å². The van der Waals surface area contributed by atoms with Gasteiger partial charge in [0, 0.05) is 38.2 Å². The number of likely N-dealkylation sites (N-methyl/N-ethyl adjacent to an activating group) is 1. The van der Waals surface area contributed by atoms with Crippen LogP contribution < -0.4 is 0 Å². The van der Waals surface area contributed by atoms with E-state index in [1.54, 1.807) is 18.5 Å². The van der Waals surface area contributed by atoms with Gasteiger partial charge in [-0.25, -0.2) is 4.98 Å². The number of aromatic nitrogens is 3. The number of H-pyrrole nitrogens is 1. The smallest absolute Gasteiger partial charge is 0.272 e. The zero-order valence-corrected chi connectivity index (χ0v) is 11.4. The lowest BCUT2D eigenvalue weighted by atomic mass is 10.1. The Labute approximate surface area is 117 Å². The minimum Gasteiger partial charge on any atom is -0.347 e. The molecule has 1 N–H and O–H groups in total. The van der Waals surface area contributed by atoms with Gasteiger partial charge in [-0.05, 0) is 19.2 Å². The van der Waals surface area contributed by atoms with Crippen molar-refractivity contribution in [2.24, 2.45) is 0 Å². The summed E-state index contributed by atoms with van der Waals surface area (Å²) < 4.78 is 0. The summed E-state index contributed by atoms with van der Waals surface area (Å²) in [5, 5.41) is 0. The molecule has 0 unspecified atom stereocenters. The normalized spacial score (nSPS) is 20.1. The van der Waals surface area contributed by atoms with Gasteiger partial charge in [-0.3, -0.25) is 14.7 Å². The number of hydrogen-bond acceptors (Lipinski definition) is 4. The number of rotatable bonds is 2. The number of carbonyl (C=O) groups excluding carboxylic acids is 1. The molecule has 6 heteroatoms. The fourth-order valence-corrected chi connectivity index (χ4v) is 2.46. The molecular formula is C14H17N5O. The minimum absolute atomic E-state index is 0.0183. The molecule has 1 saturated heterocycles. The van der Waals surface area contributed by atoms with Gasteiger partial charge in [0.1, 0.15) is 11.5 Å². The largest absolute Gasteiger partial charge is 0.347 e. The molecule has 3 rings (SSSR count). The molecule has 2 aromatic heterocycles. The third-order valence-electron chi connectivity index (χ3n) is 3.65. The van der Waals surface area contributed by atoms with E-state index in [0.717, 1.165) is 12.4 Å². The van der Waals surface area contributed by atoms with Crippen LogP contribution in [0.5, 0.6) is 0 Å². The van der Waals surface area contributed by atoms with Gasteiger partial charge in [-0.1, -0.05) is 6.07 Å². The van der Waals surface area contributed by atoms with Crippen molar-refractivity contribution in [2.45, 2.75) is 6.04 Å². The first-order chi connectivity index (χ1) is 9.75. The third kappa shape index (κ3) is 2.42. The molecule has 0 bridgehead atoms. The van der Waals surface area contributed by atoms with Crippen LogP contribution in [0.25, 0.3) is 0 Å². The fourth-order valence-electron chi connectivity index (χ4n) is 2.46. The number of piperazine rings is 1. The average Bonchev–Trinajstić information content (AvgIpc) is 3.02. The standard InChI is InChI=1S/C14H17N5O/c1-18-8-9-19(10-12(18)13-16-6-7-17-13)14(20)11-4-2-3-5-15-11/h2-7,12H,8-10H2,1H3,(H,16,17)/t12-/m1/s1. The topological polar surface area (TPSA) is 65.1 Å². The SMILES string of the molecule is CN1CCN(C(=O)c2ccccn2)C[C@@H]1c1ncc[nH]1. The lowest BCUT2D eigenvalue weighted by Crippen LogP contribution is -2.49. The molecule has 2 aromatic rings. The van der Waals surface area contributed by atoms with Gasteiger partial charge in [0.05, 0.1) is 6.04 Å². The van der Waals surface area contributed by atoms with E-state index in [0.29, 0.717) is 18.8 Å². The van der Waals surface area contributed by atoms with Crippen molar-refractivity contribution >= 4 is 5.91 Å². The predicted octanol–water partition coefficient (Wildman–Crippen LogP) is 0.934. The zero-order chi connectivity index (χ0) is 13.9. The van der Waals surface area contributed by atoms with Crippen LogP contribution in [0.2, 0.25) is 0 Å². The van der Waals surface area contributed by atoms with Crippen LogP contribution in [-0.2, 0) is 0 Å². The molecule has 1 aliphatic heterocycles. The van der Waals surface area contributed by atoms with Crippen LogP contribution in [0, 0.1) is 0 Å². The van der Waals surface area contributed by atoms with Crippen LogP contribution in [-0.4, -0.2) is 57.3 Å². The molecule has 6 nitrogen and oxygen atoms in total. The Hall–Kier alpha value is -2.21. The predicted molar refractivity (Wildman–Crippen MR) is 74.1 cm³/mol. The zero-order valence-electron chi connectivity index (χ0n) is 11.4. The summed E-state index contributed by atoms with van der Waals surface area (Å²) in [5.41, 5.74) is 0.496. The molecule has 104 valence electrons. The van der Waals surface area contributed by atoms with Crippen molar-refractivity contribution in [1.29, 1.82) is 0 Å². The van der Waals surface area contributed by atoms with Gasteiger partial charge in [-0.15, -0.1) is 0 Å². The third-order valence-corrected chi connectivity index (χ3v) is 3.65. The van der Waals surface area contributed by atoms with Crippen molar-refractivity contribution in [3.05, 3.63) is 48.3 Å². The molecule has 1 amide bonds. The highest BCUT2D eigenvalue weighted by atomic mass is 16.2. The number of nitrogens with one attached hydrogen (secondary N) is 1. The monoisotopic (exact) mass is 271 g/mol. The van der Waals surface area contributed by atoms with Crippen molar-refractivity contribution < 1.29 is 4.79 Å². The summed E-state index contributed by atoms with van der Waals surface area (Å²) >= 11 is 0. The summed E-state index contributed by atoms with van der Waals surface area (Å²) in [7, 11) is 2.05. The molecule has 0 aliphatic carbocycles. The molecule has 20 heavy (non-hydrogen) atoms. The highest BCUT2D eigenvalue weighted by Gasteiger charge is 2.30. The van der Waals surface area contributed by atoms with Gasteiger partial charge >= 0.3 is 0 Å². The average molecular weight is 271 g/mol. The van der Waals surface area contributed by atoms with Crippen LogP contribution >= 0.6 is 0 Å². The molecular weight excluding hydrogens is 254 g/mol. The second kappa shape index (κ2) is 5.42. The van der Waals surface area contributed by atoms with Crippen LogP contribution in [0.3, 0.4) is 0 Å². The molecule has 0 aromatic carbocycles. The van der Waals surface area contributed by atoms with Crippen molar-refractivity contribution in [1.82, 2.24) is 24.8 Å². The number of imidazole rings is 1. The van der Waals surface area contributed by atoms with Gasteiger partial charge in [0.15, 0.2) is 0 Å². The summed E-state index contributed by atoms with van der Waals surface area (Å²) in [4.78, 5) is 28.1. The number of aromatic amines is 1. The number of nitrogens with zero attached hydrogens (tertiary/aromatic N) is 4. The van der Waals surface area contributed by atoms with Gasteiger partial charge in [-0.2, -0.15) is 0 Å². The van der Waals surface area contributed by atoms with Crippen molar-refractivity contribution in [3.63, 3.8) is 0 Å². The number of carbonyl (C=O) groups is 1. The van der Waals surface area contributed by atoms with E-state index in [-0.39, 0.29) is 11.9 Å². The second-order valence-corrected chi connectivity index (χ2v) is 4.94.